The summed E-state index contributed by atoms with van der Waals surface area (Å²) in [5.74, 6) is -0.262. The van der Waals surface area contributed by atoms with Crippen LogP contribution in [0.25, 0.3) is 0 Å². The number of carbonyl (C=O) groups is 1. The van der Waals surface area contributed by atoms with Crippen LogP contribution in [0.15, 0.2) is 0 Å². The van der Waals surface area contributed by atoms with Crippen LogP contribution in [0, 0.1) is 0 Å². The van der Waals surface area contributed by atoms with Gasteiger partial charge in [0.2, 0.25) is 0 Å². The molecule has 0 radical (unpaired) electrons. The van der Waals surface area contributed by atoms with Gasteiger partial charge in [0.1, 0.15) is 12.1 Å². The molecule has 0 aromatic heterocycles. The Hall–Kier alpha value is -0.280. The van der Waals surface area contributed by atoms with E-state index in [9.17, 15) is 4.79 Å². The summed E-state index contributed by atoms with van der Waals surface area (Å²) in [6.45, 7) is 1.66. The molecule has 0 bridgehead atoms. The molecule has 1 unspecified atom stereocenters. The van der Waals surface area contributed by atoms with Crippen molar-refractivity contribution in [2.24, 2.45) is 5.73 Å². The Labute approximate surface area is 85.4 Å². The summed E-state index contributed by atoms with van der Waals surface area (Å²) < 4.78 is 5.19. The minimum atomic E-state index is -0.480. The topological polar surface area (TPSA) is 52.3 Å². The van der Waals surface area contributed by atoms with E-state index in [-0.39, 0.29) is 24.5 Å². The molecule has 2 N–H and O–H groups in total. The van der Waals surface area contributed by atoms with E-state index in [1.54, 1.807) is 6.92 Å². The third kappa shape index (κ3) is 4.48. The molecule has 1 fully saturated rings. The fourth-order valence-electron chi connectivity index (χ4n) is 1.45. The molecule has 78 valence electrons. The van der Waals surface area contributed by atoms with E-state index in [1.807, 2.05) is 0 Å². The molecule has 1 aliphatic rings. The fourth-order valence-corrected chi connectivity index (χ4v) is 1.45. The van der Waals surface area contributed by atoms with Gasteiger partial charge in [0.05, 0.1) is 0 Å². The van der Waals surface area contributed by atoms with Crippen LogP contribution in [0.2, 0.25) is 0 Å². The molecule has 3 nitrogen and oxygen atoms in total. The third-order valence-electron chi connectivity index (χ3n) is 2.21. The van der Waals surface area contributed by atoms with Gasteiger partial charge in [-0.25, -0.2) is 0 Å². The molecule has 4 heteroatoms. The quantitative estimate of drug-likeness (QED) is 0.701. The van der Waals surface area contributed by atoms with Gasteiger partial charge in [0.25, 0.3) is 0 Å². The van der Waals surface area contributed by atoms with Crippen molar-refractivity contribution >= 4 is 18.4 Å². The monoisotopic (exact) mass is 207 g/mol. The highest BCUT2D eigenvalue weighted by Gasteiger charge is 2.19. The van der Waals surface area contributed by atoms with E-state index in [2.05, 4.69) is 0 Å². The average Bonchev–Trinajstić information content (AvgIpc) is 2.06. The minimum absolute atomic E-state index is 0. The number of halogens is 1. The van der Waals surface area contributed by atoms with E-state index in [0.717, 1.165) is 12.8 Å². The molecule has 0 spiro atoms. The average molecular weight is 208 g/mol. The fraction of sp³-hybridized carbons (Fsp3) is 0.889. The molecule has 13 heavy (non-hydrogen) atoms. The molecule has 0 aromatic carbocycles. The second kappa shape index (κ2) is 6.22. The van der Waals surface area contributed by atoms with Gasteiger partial charge in [0.15, 0.2) is 0 Å². The van der Waals surface area contributed by atoms with E-state index in [4.69, 9.17) is 10.5 Å². The highest BCUT2D eigenvalue weighted by atomic mass is 35.5. The molecule has 1 aliphatic carbocycles. The first kappa shape index (κ1) is 12.7. The molecule has 1 atom stereocenters. The van der Waals surface area contributed by atoms with Crippen molar-refractivity contribution in [3.63, 3.8) is 0 Å². The molecule has 1 rings (SSSR count). The lowest BCUT2D eigenvalue weighted by Crippen LogP contribution is -2.32. The van der Waals surface area contributed by atoms with Gasteiger partial charge in [-0.1, -0.05) is 6.42 Å². The highest BCUT2D eigenvalue weighted by molar-refractivity contribution is 5.85. The summed E-state index contributed by atoms with van der Waals surface area (Å²) in [5.41, 5.74) is 5.38. The first-order valence-corrected chi connectivity index (χ1v) is 4.66. The van der Waals surface area contributed by atoms with Gasteiger partial charge in [-0.2, -0.15) is 0 Å². The molecule has 0 aromatic rings. The summed E-state index contributed by atoms with van der Waals surface area (Å²) in [4.78, 5) is 11.1. The molecule has 0 saturated heterocycles. The van der Waals surface area contributed by atoms with Crippen molar-refractivity contribution in [2.75, 3.05) is 0 Å². The Kier molecular flexibility index (Phi) is 6.08. The molecule has 0 amide bonds. The van der Waals surface area contributed by atoms with Crippen LogP contribution in [0.5, 0.6) is 0 Å². The number of carbonyl (C=O) groups excluding carboxylic acids is 1. The van der Waals surface area contributed by atoms with Gasteiger partial charge in [0, 0.05) is 0 Å². The predicted molar refractivity (Wildman–Crippen MR) is 53.9 cm³/mol. The smallest absolute Gasteiger partial charge is 0.322 e. The van der Waals surface area contributed by atoms with Crippen molar-refractivity contribution in [2.45, 2.75) is 51.2 Å². The Morgan fingerprint density at radius 2 is 1.92 bits per heavy atom. The normalized spacial score (nSPS) is 20.2. The second-order valence-corrected chi connectivity index (χ2v) is 3.49. The number of rotatable bonds is 2. The predicted octanol–water partition coefficient (Wildman–Crippen LogP) is 1.63. The van der Waals surface area contributed by atoms with Crippen LogP contribution in [-0.4, -0.2) is 18.1 Å². The van der Waals surface area contributed by atoms with E-state index in [1.165, 1.54) is 19.3 Å². The zero-order chi connectivity index (χ0) is 8.97. The van der Waals surface area contributed by atoms with Crippen LogP contribution in [0.1, 0.15) is 39.0 Å². The summed E-state index contributed by atoms with van der Waals surface area (Å²) >= 11 is 0. The van der Waals surface area contributed by atoms with Crippen molar-refractivity contribution in [1.82, 2.24) is 0 Å². The molecule has 0 heterocycles. The van der Waals surface area contributed by atoms with Gasteiger partial charge in [-0.3, -0.25) is 4.79 Å². The lowest BCUT2D eigenvalue weighted by molar-refractivity contribution is -0.151. The largest absolute Gasteiger partial charge is 0.461 e. The van der Waals surface area contributed by atoms with E-state index in [0.29, 0.717) is 0 Å². The van der Waals surface area contributed by atoms with Gasteiger partial charge < -0.3 is 10.5 Å². The van der Waals surface area contributed by atoms with Crippen LogP contribution >= 0.6 is 12.4 Å². The maximum Gasteiger partial charge on any atom is 0.322 e. The number of ether oxygens (including phenoxy) is 1. The van der Waals surface area contributed by atoms with Gasteiger partial charge in [-0.05, 0) is 32.6 Å². The summed E-state index contributed by atoms with van der Waals surface area (Å²) in [5, 5.41) is 0. The summed E-state index contributed by atoms with van der Waals surface area (Å²) in [6.07, 6.45) is 5.79. The van der Waals surface area contributed by atoms with Crippen molar-refractivity contribution in [3.05, 3.63) is 0 Å². The van der Waals surface area contributed by atoms with E-state index >= 15 is 0 Å². The van der Waals surface area contributed by atoms with Crippen LogP contribution < -0.4 is 5.73 Å². The lowest BCUT2D eigenvalue weighted by atomic mass is 9.98. The van der Waals surface area contributed by atoms with Gasteiger partial charge in [-0.15, -0.1) is 12.4 Å². The SMILES string of the molecule is CC(N)C(=O)OC1CCCCC1.Cl. The first-order chi connectivity index (χ1) is 5.70. The number of nitrogens with two attached hydrogens (primary N) is 1. The summed E-state index contributed by atoms with van der Waals surface area (Å²) in [6, 6.07) is -0.480. The Bertz CT molecular complexity index is 156. The molecule has 1 saturated carbocycles. The Morgan fingerprint density at radius 1 is 1.38 bits per heavy atom. The minimum Gasteiger partial charge on any atom is -0.461 e. The Morgan fingerprint density at radius 3 is 2.38 bits per heavy atom. The second-order valence-electron chi connectivity index (χ2n) is 3.49. The lowest BCUT2D eigenvalue weighted by Gasteiger charge is -2.22. The molecular weight excluding hydrogens is 190 g/mol. The van der Waals surface area contributed by atoms with Crippen LogP contribution in [0.3, 0.4) is 0 Å². The number of hydrogen-bond acceptors (Lipinski definition) is 3. The van der Waals surface area contributed by atoms with Crippen molar-refractivity contribution in [3.8, 4) is 0 Å². The Balaban J connectivity index is 0.00000144. The molecule has 0 aliphatic heterocycles. The van der Waals surface area contributed by atoms with Crippen molar-refractivity contribution in [1.29, 1.82) is 0 Å². The van der Waals surface area contributed by atoms with Crippen molar-refractivity contribution < 1.29 is 9.53 Å². The third-order valence-corrected chi connectivity index (χ3v) is 2.21. The highest BCUT2D eigenvalue weighted by Crippen LogP contribution is 2.20. The summed E-state index contributed by atoms with van der Waals surface area (Å²) in [7, 11) is 0. The maximum atomic E-state index is 11.1. The van der Waals surface area contributed by atoms with E-state index < -0.39 is 6.04 Å². The first-order valence-electron chi connectivity index (χ1n) is 4.66. The van der Waals surface area contributed by atoms with Gasteiger partial charge >= 0.3 is 5.97 Å². The number of hydrogen-bond donors (Lipinski definition) is 1. The maximum absolute atomic E-state index is 11.1. The molecular formula is C9H18ClNO2. The van der Waals surface area contributed by atoms with Crippen LogP contribution in [0.4, 0.5) is 0 Å². The zero-order valence-electron chi connectivity index (χ0n) is 7.99. The standard InChI is InChI=1S/C9H17NO2.ClH/c1-7(10)9(11)12-8-5-3-2-4-6-8;/h7-8H,2-6,10H2,1H3;1H. The zero-order valence-corrected chi connectivity index (χ0v) is 8.81. The van der Waals surface area contributed by atoms with Crippen LogP contribution in [-0.2, 0) is 9.53 Å². The number of esters is 1.